The summed E-state index contributed by atoms with van der Waals surface area (Å²) in [5.74, 6) is -0.370. The van der Waals surface area contributed by atoms with Crippen LogP contribution in [0.1, 0.15) is 49.7 Å². The summed E-state index contributed by atoms with van der Waals surface area (Å²) in [4.78, 5) is 11.9. The number of anilines is 1. The molecule has 0 aliphatic rings. The van der Waals surface area contributed by atoms with Crippen LogP contribution < -0.4 is 5.73 Å². The van der Waals surface area contributed by atoms with E-state index in [1.165, 1.54) is 16.7 Å². The van der Waals surface area contributed by atoms with Crippen molar-refractivity contribution in [3.8, 4) is 5.69 Å². The molecule has 0 aliphatic heterocycles. The summed E-state index contributed by atoms with van der Waals surface area (Å²) in [6.07, 6.45) is 3.15. The van der Waals surface area contributed by atoms with Crippen LogP contribution in [0.2, 0.25) is 0 Å². The molecule has 0 spiro atoms. The lowest BCUT2D eigenvalue weighted by atomic mass is 10.1. The van der Waals surface area contributed by atoms with Crippen molar-refractivity contribution in [2.24, 2.45) is 0 Å². The summed E-state index contributed by atoms with van der Waals surface area (Å²) in [5, 5.41) is 7.78. The molecule has 0 radical (unpaired) electrons. The number of benzene rings is 1. The Bertz CT molecular complexity index is 632. The van der Waals surface area contributed by atoms with Crippen molar-refractivity contribution in [1.29, 1.82) is 0 Å². The molecule has 0 unspecified atom stereocenters. The van der Waals surface area contributed by atoms with Crippen molar-refractivity contribution in [2.75, 3.05) is 5.73 Å². The fourth-order valence-electron chi connectivity index (χ4n) is 2.08. The Hall–Kier alpha value is -2.37. The highest BCUT2D eigenvalue weighted by Gasteiger charge is 2.20. The zero-order valence-corrected chi connectivity index (χ0v) is 13.2. The standard InChI is InChI=1S/C16H22N4O2/c1-4-5-6-12-7-9-13(10-8-12)20-15(17)14(18-19-20)16(21)22-11(2)3/h7-11H,4-6,17H2,1-3H3. The number of hydrogen-bond donors (Lipinski definition) is 1. The van der Waals surface area contributed by atoms with E-state index in [1.807, 2.05) is 24.3 Å². The Labute approximate surface area is 130 Å². The van der Waals surface area contributed by atoms with Gasteiger partial charge in [0.1, 0.15) is 0 Å². The predicted octanol–water partition coefficient (Wildman–Crippen LogP) is 2.76. The molecule has 0 bridgehead atoms. The van der Waals surface area contributed by atoms with Gasteiger partial charge in [-0.1, -0.05) is 30.7 Å². The molecular weight excluding hydrogens is 280 g/mol. The van der Waals surface area contributed by atoms with Crippen LogP contribution in [0.3, 0.4) is 0 Å². The van der Waals surface area contributed by atoms with Crippen molar-refractivity contribution in [2.45, 2.75) is 46.1 Å². The maximum absolute atomic E-state index is 11.9. The fourth-order valence-corrected chi connectivity index (χ4v) is 2.08. The number of nitrogens with two attached hydrogens (primary N) is 1. The number of hydrogen-bond acceptors (Lipinski definition) is 5. The number of nitrogens with zero attached hydrogens (tertiary/aromatic N) is 3. The average molecular weight is 302 g/mol. The van der Waals surface area contributed by atoms with E-state index in [0.717, 1.165) is 18.5 Å². The fraction of sp³-hybridized carbons (Fsp3) is 0.438. The molecule has 118 valence electrons. The first kappa shape index (κ1) is 16.0. The van der Waals surface area contributed by atoms with E-state index in [4.69, 9.17) is 10.5 Å². The van der Waals surface area contributed by atoms with Crippen molar-refractivity contribution in [3.05, 3.63) is 35.5 Å². The van der Waals surface area contributed by atoms with Gasteiger partial charge in [0.2, 0.25) is 5.69 Å². The van der Waals surface area contributed by atoms with Gasteiger partial charge >= 0.3 is 5.97 Å². The normalized spacial score (nSPS) is 10.9. The van der Waals surface area contributed by atoms with Crippen LogP contribution >= 0.6 is 0 Å². The summed E-state index contributed by atoms with van der Waals surface area (Å²) in [7, 11) is 0. The second kappa shape index (κ2) is 7.06. The van der Waals surface area contributed by atoms with E-state index in [9.17, 15) is 4.79 Å². The maximum Gasteiger partial charge on any atom is 0.363 e. The Balaban J connectivity index is 2.19. The zero-order chi connectivity index (χ0) is 16.1. The van der Waals surface area contributed by atoms with Gasteiger partial charge in [-0.3, -0.25) is 0 Å². The first-order valence-corrected chi connectivity index (χ1v) is 7.54. The minimum atomic E-state index is -0.557. The lowest BCUT2D eigenvalue weighted by Gasteiger charge is -2.07. The Morgan fingerprint density at radius 1 is 1.32 bits per heavy atom. The third kappa shape index (κ3) is 3.63. The van der Waals surface area contributed by atoms with Crippen molar-refractivity contribution >= 4 is 11.8 Å². The first-order valence-electron chi connectivity index (χ1n) is 7.54. The number of aromatic nitrogens is 3. The molecule has 6 heteroatoms. The van der Waals surface area contributed by atoms with E-state index in [-0.39, 0.29) is 17.6 Å². The predicted molar refractivity (Wildman–Crippen MR) is 84.9 cm³/mol. The monoisotopic (exact) mass is 302 g/mol. The number of carbonyl (C=O) groups excluding carboxylic acids is 1. The molecule has 0 saturated heterocycles. The van der Waals surface area contributed by atoms with Gasteiger partial charge in [0.25, 0.3) is 0 Å². The van der Waals surface area contributed by atoms with Crippen LogP contribution in [-0.2, 0) is 11.2 Å². The average Bonchev–Trinajstić information content (AvgIpc) is 2.87. The van der Waals surface area contributed by atoms with Crippen LogP contribution in [0.4, 0.5) is 5.82 Å². The molecule has 22 heavy (non-hydrogen) atoms. The number of unbranched alkanes of at least 4 members (excludes halogenated alkanes) is 1. The van der Waals surface area contributed by atoms with Crippen molar-refractivity contribution < 1.29 is 9.53 Å². The van der Waals surface area contributed by atoms with Gasteiger partial charge in [0.15, 0.2) is 5.82 Å². The largest absolute Gasteiger partial charge is 0.458 e. The first-order chi connectivity index (χ1) is 10.5. The Kier molecular flexibility index (Phi) is 5.14. The highest BCUT2D eigenvalue weighted by Crippen LogP contribution is 2.17. The van der Waals surface area contributed by atoms with Crippen LogP contribution in [0.15, 0.2) is 24.3 Å². The van der Waals surface area contributed by atoms with E-state index >= 15 is 0 Å². The van der Waals surface area contributed by atoms with Crippen molar-refractivity contribution in [3.63, 3.8) is 0 Å². The minimum Gasteiger partial charge on any atom is -0.458 e. The topological polar surface area (TPSA) is 83.0 Å². The summed E-state index contributed by atoms with van der Waals surface area (Å²) >= 11 is 0. The third-order valence-corrected chi connectivity index (χ3v) is 3.24. The van der Waals surface area contributed by atoms with Gasteiger partial charge < -0.3 is 10.5 Å². The molecule has 0 amide bonds. The molecular formula is C16H22N4O2. The number of nitrogen functional groups attached to an aromatic ring is 1. The molecule has 2 aromatic rings. The molecule has 1 aromatic carbocycles. The molecule has 0 fully saturated rings. The molecule has 2 rings (SSSR count). The van der Waals surface area contributed by atoms with E-state index in [2.05, 4.69) is 17.2 Å². The minimum absolute atomic E-state index is 0.0451. The lowest BCUT2D eigenvalue weighted by molar-refractivity contribution is 0.0372. The Morgan fingerprint density at radius 3 is 2.59 bits per heavy atom. The van der Waals surface area contributed by atoms with Crippen LogP contribution in [0.25, 0.3) is 5.69 Å². The van der Waals surface area contributed by atoms with Crippen LogP contribution in [0, 0.1) is 0 Å². The number of esters is 1. The summed E-state index contributed by atoms with van der Waals surface area (Å²) < 4.78 is 6.54. The van der Waals surface area contributed by atoms with Gasteiger partial charge in [-0.2, -0.15) is 4.68 Å². The molecule has 2 N–H and O–H groups in total. The summed E-state index contributed by atoms with van der Waals surface area (Å²) in [6, 6.07) is 7.93. The molecule has 0 aliphatic carbocycles. The van der Waals surface area contributed by atoms with Gasteiger partial charge in [-0.05, 0) is 44.4 Å². The molecule has 6 nitrogen and oxygen atoms in total. The van der Waals surface area contributed by atoms with Gasteiger partial charge in [0, 0.05) is 0 Å². The van der Waals surface area contributed by atoms with Crippen LogP contribution in [-0.4, -0.2) is 27.1 Å². The number of rotatable bonds is 6. The second-order valence-corrected chi connectivity index (χ2v) is 5.46. The SMILES string of the molecule is CCCCc1ccc(-n2nnc(C(=O)OC(C)C)c2N)cc1. The number of aryl methyl sites for hydroxylation is 1. The Morgan fingerprint density at radius 2 is 2.00 bits per heavy atom. The lowest BCUT2D eigenvalue weighted by Crippen LogP contribution is -2.14. The molecule has 1 aromatic heterocycles. The maximum atomic E-state index is 11.9. The smallest absolute Gasteiger partial charge is 0.363 e. The van der Waals surface area contributed by atoms with E-state index in [1.54, 1.807) is 13.8 Å². The van der Waals surface area contributed by atoms with Crippen LogP contribution in [0.5, 0.6) is 0 Å². The van der Waals surface area contributed by atoms with E-state index < -0.39 is 5.97 Å². The summed E-state index contributed by atoms with van der Waals surface area (Å²) in [6.45, 7) is 5.71. The van der Waals surface area contributed by atoms with E-state index in [0.29, 0.717) is 0 Å². The summed E-state index contributed by atoms with van der Waals surface area (Å²) in [5.41, 5.74) is 8.05. The zero-order valence-electron chi connectivity index (χ0n) is 13.2. The highest BCUT2D eigenvalue weighted by atomic mass is 16.5. The molecule has 1 heterocycles. The quantitative estimate of drug-likeness (QED) is 0.830. The number of ether oxygens (including phenoxy) is 1. The van der Waals surface area contributed by atoms with Crippen molar-refractivity contribution in [1.82, 2.24) is 15.0 Å². The molecule has 0 saturated carbocycles. The third-order valence-electron chi connectivity index (χ3n) is 3.24. The molecule has 0 atom stereocenters. The van der Waals surface area contributed by atoms with Gasteiger partial charge in [0.05, 0.1) is 11.8 Å². The number of carbonyl (C=O) groups is 1. The van der Waals surface area contributed by atoms with Gasteiger partial charge in [-0.25, -0.2) is 4.79 Å². The van der Waals surface area contributed by atoms with Gasteiger partial charge in [-0.15, -0.1) is 5.10 Å². The second-order valence-electron chi connectivity index (χ2n) is 5.46. The highest BCUT2D eigenvalue weighted by molar-refractivity contribution is 5.92.